The molecular formula is C44H42BrClF2N6O2. The maximum absolute atomic E-state index is 13.2. The van der Waals surface area contributed by atoms with Gasteiger partial charge in [0.2, 0.25) is 23.4 Å². The molecule has 2 fully saturated rings. The third kappa shape index (κ3) is 12.4. The van der Waals surface area contributed by atoms with Gasteiger partial charge in [0, 0.05) is 33.4 Å². The topological polar surface area (TPSA) is 93.1 Å². The van der Waals surface area contributed by atoms with Crippen molar-refractivity contribution < 1.29 is 17.8 Å². The molecule has 0 bridgehead atoms. The molecule has 4 heterocycles. The van der Waals surface area contributed by atoms with E-state index in [4.69, 9.17) is 9.05 Å². The van der Waals surface area contributed by atoms with E-state index in [1.54, 1.807) is 24.3 Å². The van der Waals surface area contributed by atoms with E-state index in [1.165, 1.54) is 63.0 Å². The summed E-state index contributed by atoms with van der Waals surface area (Å²) >= 11 is 3.39. The Morgan fingerprint density at radius 2 is 1.07 bits per heavy atom. The maximum Gasteiger partial charge on any atom is 0.244 e. The first-order chi connectivity index (χ1) is 26.8. The zero-order valence-electron chi connectivity index (χ0n) is 31.1. The summed E-state index contributed by atoms with van der Waals surface area (Å²) < 4.78 is 36.9. The van der Waals surface area contributed by atoms with Gasteiger partial charge in [-0.25, -0.2) is 8.78 Å². The first kappa shape index (κ1) is 42.0. The van der Waals surface area contributed by atoms with Crippen molar-refractivity contribution in [3.8, 4) is 46.5 Å². The van der Waals surface area contributed by atoms with Crippen molar-refractivity contribution in [2.75, 3.05) is 26.2 Å². The molecule has 2 aliphatic rings. The molecule has 288 valence electrons. The van der Waals surface area contributed by atoms with Crippen LogP contribution in [0.4, 0.5) is 8.78 Å². The van der Waals surface area contributed by atoms with Crippen molar-refractivity contribution in [2.24, 2.45) is 0 Å². The van der Waals surface area contributed by atoms with E-state index in [0.29, 0.717) is 34.6 Å². The van der Waals surface area contributed by atoms with Gasteiger partial charge in [-0.15, -0.1) is 12.4 Å². The number of halogens is 4. The summed E-state index contributed by atoms with van der Waals surface area (Å²) in [6.07, 6.45) is 5.23. The van der Waals surface area contributed by atoms with Crippen LogP contribution in [0.2, 0.25) is 0 Å². The maximum atomic E-state index is 13.2. The number of nitrogens with zero attached hydrogens (tertiary/aromatic N) is 5. The van der Waals surface area contributed by atoms with Crippen molar-refractivity contribution in [3.63, 3.8) is 0 Å². The van der Waals surface area contributed by atoms with Crippen LogP contribution >= 0.6 is 28.3 Å². The highest BCUT2D eigenvalue weighted by Gasteiger charge is 2.24. The number of rotatable bonds is 5. The average molecular weight is 840 g/mol. The van der Waals surface area contributed by atoms with Gasteiger partial charge in [0.1, 0.15) is 11.6 Å². The molecule has 0 radical (unpaired) electrons. The number of hydrogen-bond acceptors (Lipinski definition) is 8. The number of hydrogen-bond donors (Lipinski definition) is 1. The summed E-state index contributed by atoms with van der Waals surface area (Å²) in [5.74, 6) is 13.7. The molecule has 12 heteroatoms. The van der Waals surface area contributed by atoms with Crippen LogP contribution in [-0.2, 0) is 0 Å². The van der Waals surface area contributed by atoms with E-state index < -0.39 is 0 Å². The van der Waals surface area contributed by atoms with Gasteiger partial charge < -0.3 is 14.4 Å². The lowest BCUT2D eigenvalue weighted by atomic mass is 10.1. The largest absolute Gasteiger partial charge is 0.338 e. The van der Waals surface area contributed by atoms with Gasteiger partial charge in [0.15, 0.2) is 0 Å². The highest BCUT2D eigenvalue weighted by molar-refractivity contribution is 9.09. The minimum atomic E-state index is -0.291. The SMILES string of the molecule is C1CCNC1.CC(Br)c1nc(-c2ccc(C#Cc3cccc(F)c3)cc2)no1.CC(c1nc(-c2ccc(C#Cc3cccc(F)c3)cc2)no1)N1CCCC1.Cl. The smallest absolute Gasteiger partial charge is 0.244 e. The van der Waals surface area contributed by atoms with Crippen LogP contribution in [0.3, 0.4) is 0 Å². The lowest BCUT2D eigenvalue weighted by Gasteiger charge is -2.19. The lowest BCUT2D eigenvalue weighted by Crippen LogP contribution is -2.23. The molecule has 0 aliphatic carbocycles. The van der Waals surface area contributed by atoms with Crippen LogP contribution in [0.1, 0.15) is 84.4 Å². The number of nitrogens with one attached hydrogen (secondary N) is 1. The van der Waals surface area contributed by atoms with E-state index in [0.717, 1.165) is 35.3 Å². The Morgan fingerprint density at radius 1 is 0.625 bits per heavy atom. The highest BCUT2D eigenvalue weighted by Crippen LogP contribution is 2.26. The standard InChI is InChI=1S/C22H20FN3O.C18H12BrFN2O.C4H9N.ClH/c1-16(26-13-2-3-14-26)22-24-21(25-27-22)19-11-9-17(10-12-19)7-8-18-5-4-6-20(23)15-18;1-12(19)18-21-17(22-23-18)15-9-7-13(8-10-15)5-6-14-3-2-4-16(20)11-14;1-2-4-5-3-1;/h4-6,9-12,15-16H,2-3,13-14H2,1H3;2-4,7-12H,1H3;5H,1-4H2;1H. The minimum absolute atomic E-state index is 0. The Kier molecular flexibility index (Phi) is 15.9. The van der Waals surface area contributed by atoms with Crippen molar-refractivity contribution in [3.05, 3.63) is 143 Å². The van der Waals surface area contributed by atoms with E-state index in [2.05, 4.69) is 77.0 Å². The molecule has 2 saturated heterocycles. The molecule has 1 N–H and O–H groups in total. The van der Waals surface area contributed by atoms with Crippen LogP contribution in [0.25, 0.3) is 22.8 Å². The van der Waals surface area contributed by atoms with Gasteiger partial charge in [-0.1, -0.05) is 62.1 Å². The minimum Gasteiger partial charge on any atom is -0.338 e. The molecule has 6 aromatic rings. The second-order valence-electron chi connectivity index (χ2n) is 13.1. The summed E-state index contributed by atoms with van der Waals surface area (Å²) in [7, 11) is 0. The third-order valence-corrected chi connectivity index (χ3v) is 9.26. The van der Waals surface area contributed by atoms with Crippen molar-refractivity contribution >= 4 is 28.3 Å². The van der Waals surface area contributed by atoms with Gasteiger partial charge >= 0.3 is 0 Å². The molecule has 8 nitrogen and oxygen atoms in total. The lowest BCUT2D eigenvalue weighted by molar-refractivity contribution is 0.209. The summed E-state index contributed by atoms with van der Waals surface area (Å²) in [5, 5.41) is 11.3. The normalized spacial score (nSPS) is 14.3. The predicted molar refractivity (Wildman–Crippen MR) is 220 cm³/mol. The van der Waals surface area contributed by atoms with Gasteiger partial charge in [-0.2, -0.15) is 9.97 Å². The Morgan fingerprint density at radius 3 is 1.48 bits per heavy atom. The van der Waals surface area contributed by atoms with Gasteiger partial charge in [-0.05, 0) is 151 Å². The fourth-order valence-corrected chi connectivity index (χ4v) is 5.96. The van der Waals surface area contributed by atoms with Crippen molar-refractivity contribution in [1.82, 2.24) is 30.5 Å². The third-order valence-electron chi connectivity index (χ3n) is 8.86. The van der Waals surface area contributed by atoms with Crippen LogP contribution in [0.5, 0.6) is 0 Å². The Balaban J connectivity index is 0.000000189. The Bertz CT molecular complexity index is 2260. The Labute approximate surface area is 341 Å². The molecule has 0 amide bonds. The predicted octanol–water partition coefficient (Wildman–Crippen LogP) is 9.96. The average Bonchev–Trinajstić information content (AvgIpc) is 4.06. The van der Waals surface area contributed by atoms with Crippen molar-refractivity contribution in [1.29, 1.82) is 0 Å². The van der Waals surface area contributed by atoms with E-state index in [1.807, 2.05) is 55.5 Å². The fraction of sp³-hybridized carbons (Fsp3) is 0.273. The summed E-state index contributed by atoms with van der Waals surface area (Å²) in [4.78, 5) is 11.2. The first-order valence-corrected chi connectivity index (χ1v) is 19.2. The summed E-state index contributed by atoms with van der Waals surface area (Å²) in [6, 6.07) is 27.8. The quantitative estimate of drug-likeness (QED) is 0.136. The van der Waals surface area contributed by atoms with Gasteiger partial charge in [0.25, 0.3) is 0 Å². The molecule has 0 saturated carbocycles. The summed E-state index contributed by atoms with van der Waals surface area (Å²) in [5.41, 5.74) is 4.70. The molecule has 8 rings (SSSR count). The molecule has 2 unspecified atom stereocenters. The molecule has 2 aliphatic heterocycles. The second kappa shape index (κ2) is 21.2. The molecule has 56 heavy (non-hydrogen) atoms. The van der Waals surface area contributed by atoms with Crippen LogP contribution in [0, 0.1) is 35.3 Å². The molecular weight excluding hydrogens is 798 g/mol. The number of likely N-dealkylation sites (tertiary alicyclic amines) is 1. The van der Waals surface area contributed by atoms with Crippen molar-refractivity contribution in [2.45, 2.75) is 50.4 Å². The highest BCUT2D eigenvalue weighted by atomic mass is 79.9. The van der Waals surface area contributed by atoms with Gasteiger partial charge in [-0.3, -0.25) is 4.90 Å². The number of aromatic nitrogens is 4. The number of benzene rings is 4. The van der Waals surface area contributed by atoms with E-state index in [-0.39, 0.29) is 34.9 Å². The molecule has 4 aromatic carbocycles. The zero-order chi connectivity index (χ0) is 38.4. The van der Waals surface area contributed by atoms with E-state index >= 15 is 0 Å². The monoisotopic (exact) mass is 838 g/mol. The Hall–Kier alpha value is -5.17. The summed E-state index contributed by atoms with van der Waals surface area (Å²) in [6.45, 7) is 8.69. The first-order valence-electron chi connectivity index (χ1n) is 18.3. The van der Waals surface area contributed by atoms with E-state index in [9.17, 15) is 8.78 Å². The second-order valence-corrected chi connectivity index (χ2v) is 14.5. The number of alkyl halides is 1. The zero-order valence-corrected chi connectivity index (χ0v) is 33.5. The van der Waals surface area contributed by atoms with Crippen LogP contribution in [-0.4, -0.2) is 51.4 Å². The molecule has 0 spiro atoms. The fourth-order valence-electron chi connectivity index (χ4n) is 5.77. The van der Waals surface area contributed by atoms with Crippen LogP contribution in [0.15, 0.2) is 106 Å². The van der Waals surface area contributed by atoms with Crippen LogP contribution < -0.4 is 5.32 Å². The van der Waals surface area contributed by atoms with Gasteiger partial charge in [0.05, 0.1) is 10.9 Å². The molecule has 2 aromatic heterocycles. The molecule has 2 atom stereocenters.